The molecule has 4 nitrogen and oxygen atoms in total. The van der Waals surface area contributed by atoms with Gasteiger partial charge in [0.1, 0.15) is 0 Å². The van der Waals surface area contributed by atoms with Crippen molar-refractivity contribution in [2.24, 2.45) is 0 Å². The van der Waals surface area contributed by atoms with E-state index in [1.807, 2.05) is 36.1 Å². The summed E-state index contributed by atoms with van der Waals surface area (Å²) < 4.78 is 0. The Morgan fingerprint density at radius 1 is 1.08 bits per heavy atom. The molecule has 25 heavy (non-hydrogen) atoms. The summed E-state index contributed by atoms with van der Waals surface area (Å²) in [6, 6.07) is 12.7. The lowest BCUT2D eigenvalue weighted by Gasteiger charge is -2.39. The first kappa shape index (κ1) is 15.9. The minimum Gasteiger partial charge on any atom is -0.344 e. The quantitative estimate of drug-likeness (QED) is 0.733. The van der Waals surface area contributed by atoms with Crippen molar-refractivity contribution < 1.29 is 9.59 Å². The molecule has 0 N–H and O–H groups in total. The predicted octanol–water partition coefficient (Wildman–Crippen LogP) is 3.79. The van der Waals surface area contributed by atoms with Gasteiger partial charge in [-0.3, -0.25) is 9.59 Å². The van der Waals surface area contributed by atoms with Crippen LogP contribution in [0.15, 0.2) is 54.7 Å². The van der Waals surface area contributed by atoms with Crippen LogP contribution in [-0.4, -0.2) is 25.3 Å². The topological polar surface area (TPSA) is 40.6 Å². The van der Waals surface area contributed by atoms with E-state index in [0.29, 0.717) is 34.1 Å². The van der Waals surface area contributed by atoms with Crippen LogP contribution in [-0.2, 0) is 10.2 Å². The minimum absolute atomic E-state index is 0.291. The van der Waals surface area contributed by atoms with Crippen molar-refractivity contribution in [3.8, 4) is 0 Å². The number of rotatable bonds is 1. The van der Waals surface area contributed by atoms with Crippen molar-refractivity contribution in [1.29, 1.82) is 0 Å². The third kappa shape index (κ3) is 1.72. The van der Waals surface area contributed by atoms with Crippen molar-refractivity contribution in [3.05, 3.63) is 70.9 Å². The number of para-hydroxylation sites is 1. The maximum absolute atomic E-state index is 13.6. The number of benzene rings is 2. The van der Waals surface area contributed by atoms with Crippen molar-refractivity contribution in [2.45, 2.75) is 12.3 Å². The largest absolute Gasteiger partial charge is 0.344 e. The zero-order valence-corrected chi connectivity index (χ0v) is 14.8. The van der Waals surface area contributed by atoms with Crippen LogP contribution in [0, 0.1) is 0 Å². The molecule has 2 aliphatic heterocycles. The van der Waals surface area contributed by atoms with Crippen LogP contribution in [0.4, 0.5) is 11.4 Å². The van der Waals surface area contributed by atoms with E-state index >= 15 is 0 Å². The summed E-state index contributed by atoms with van der Waals surface area (Å²) in [6.07, 6.45) is 0. The maximum atomic E-state index is 13.6. The van der Waals surface area contributed by atoms with E-state index in [1.54, 1.807) is 25.2 Å². The zero-order valence-electron chi connectivity index (χ0n) is 14.0. The fourth-order valence-electron chi connectivity index (χ4n) is 4.05. The molecular weight excluding hydrogens is 336 g/mol. The highest BCUT2D eigenvalue weighted by molar-refractivity contribution is 6.40. The summed E-state index contributed by atoms with van der Waals surface area (Å²) in [5.74, 6) is -0.592. The van der Waals surface area contributed by atoms with Crippen LogP contribution >= 0.6 is 11.6 Å². The molecule has 126 valence electrons. The molecule has 0 aliphatic carbocycles. The number of amides is 1. The number of halogens is 1. The van der Waals surface area contributed by atoms with E-state index in [4.69, 9.17) is 11.6 Å². The Kier molecular flexibility index (Phi) is 3.31. The van der Waals surface area contributed by atoms with Gasteiger partial charge in [0.15, 0.2) is 11.2 Å². The number of likely N-dealkylation sites (N-methyl/N-ethyl adjacent to an activating group) is 2. The summed E-state index contributed by atoms with van der Waals surface area (Å²) in [5.41, 5.74) is 1.48. The van der Waals surface area contributed by atoms with Gasteiger partial charge in [-0.25, -0.2) is 0 Å². The molecule has 0 saturated carbocycles. The number of hydrogen-bond acceptors (Lipinski definition) is 3. The van der Waals surface area contributed by atoms with Gasteiger partial charge in [0, 0.05) is 30.5 Å². The van der Waals surface area contributed by atoms with Gasteiger partial charge in [-0.05, 0) is 25.1 Å². The standard InChI is InChI=1S/C20H17ClN2O2/c1-4-23-12(2)20(13-8-5-6-10-15(13)23)18(24)17-14(21)9-7-11-16(17)22(3)19(20)25/h5-11H,2,4H2,1,3H3/t20-/m1/s1. The van der Waals surface area contributed by atoms with E-state index in [1.165, 1.54) is 4.90 Å². The molecule has 2 aromatic rings. The molecule has 2 aliphatic rings. The second-order valence-electron chi connectivity index (χ2n) is 6.29. The molecule has 4 rings (SSSR count). The predicted molar refractivity (Wildman–Crippen MR) is 99.5 cm³/mol. The summed E-state index contributed by atoms with van der Waals surface area (Å²) >= 11 is 6.35. The number of fused-ring (bicyclic) bond motifs is 3. The molecule has 0 fully saturated rings. The van der Waals surface area contributed by atoms with Gasteiger partial charge in [-0.15, -0.1) is 0 Å². The fraction of sp³-hybridized carbons (Fsp3) is 0.200. The van der Waals surface area contributed by atoms with Crippen LogP contribution in [0.25, 0.3) is 0 Å². The number of carbonyl (C=O) groups is 2. The number of anilines is 2. The summed E-state index contributed by atoms with van der Waals surface area (Å²) in [6.45, 7) is 6.75. The summed E-state index contributed by atoms with van der Waals surface area (Å²) in [5, 5.41) is 0.349. The Bertz CT molecular complexity index is 952. The molecule has 2 heterocycles. The van der Waals surface area contributed by atoms with Gasteiger partial charge in [0.2, 0.25) is 0 Å². The highest BCUT2D eigenvalue weighted by atomic mass is 35.5. The van der Waals surface area contributed by atoms with Gasteiger partial charge in [0.05, 0.1) is 16.3 Å². The molecule has 2 aromatic carbocycles. The lowest BCUT2D eigenvalue weighted by molar-refractivity contribution is -0.121. The molecule has 5 heteroatoms. The first-order chi connectivity index (χ1) is 12.0. The lowest BCUT2D eigenvalue weighted by Crippen LogP contribution is -2.55. The van der Waals surface area contributed by atoms with Gasteiger partial charge in [-0.2, -0.15) is 0 Å². The van der Waals surface area contributed by atoms with Crippen molar-refractivity contribution >= 4 is 34.7 Å². The van der Waals surface area contributed by atoms with Gasteiger partial charge >= 0.3 is 0 Å². The molecule has 0 aromatic heterocycles. The van der Waals surface area contributed by atoms with Crippen LogP contribution in [0.2, 0.25) is 5.02 Å². The minimum atomic E-state index is -1.45. The first-order valence-electron chi connectivity index (χ1n) is 8.14. The summed E-state index contributed by atoms with van der Waals surface area (Å²) in [4.78, 5) is 30.5. The monoisotopic (exact) mass is 352 g/mol. The lowest BCUT2D eigenvalue weighted by atomic mass is 9.70. The summed E-state index contributed by atoms with van der Waals surface area (Å²) in [7, 11) is 1.68. The molecule has 1 spiro atoms. The highest BCUT2D eigenvalue weighted by Gasteiger charge is 2.61. The Morgan fingerprint density at radius 2 is 1.76 bits per heavy atom. The van der Waals surface area contributed by atoms with Crippen LogP contribution < -0.4 is 9.80 Å². The van der Waals surface area contributed by atoms with E-state index in [-0.39, 0.29) is 11.7 Å². The van der Waals surface area contributed by atoms with E-state index in [2.05, 4.69) is 6.58 Å². The number of nitrogens with zero attached hydrogens (tertiary/aromatic N) is 2. The maximum Gasteiger partial charge on any atom is 0.251 e. The molecule has 1 amide bonds. The Balaban J connectivity index is 2.09. The zero-order chi connectivity index (χ0) is 17.9. The smallest absolute Gasteiger partial charge is 0.251 e. The first-order valence-corrected chi connectivity index (χ1v) is 8.52. The Labute approximate surface area is 151 Å². The molecule has 0 unspecified atom stereocenters. The molecule has 0 radical (unpaired) electrons. The average Bonchev–Trinajstić information content (AvgIpc) is 2.87. The van der Waals surface area contributed by atoms with Crippen molar-refractivity contribution in [3.63, 3.8) is 0 Å². The van der Waals surface area contributed by atoms with Crippen LogP contribution in [0.1, 0.15) is 22.8 Å². The van der Waals surface area contributed by atoms with E-state index in [9.17, 15) is 9.59 Å². The highest BCUT2D eigenvalue weighted by Crippen LogP contribution is 2.53. The fourth-order valence-corrected chi connectivity index (χ4v) is 4.30. The van der Waals surface area contributed by atoms with Gasteiger partial charge < -0.3 is 9.80 Å². The number of carbonyl (C=O) groups excluding carboxylic acids is 2. The third-order valence-electron chi connectivity index (χ3n) is 5.22. The Hall–Kier alpha value is -2.59. The molecule has 0 bridgehead atoms. The average molecular weight is 353 g/mol. The SMILES string of the molecule is C=C1N(CC)c2ccccc2[C@@]12C(=O)c1c(Cl)cccc1N(C)C2=O. The second-order valence-corrected chi connectivity index (χ2v) is 6.69. The molecular formula is C20H17ClN2O2. The Morgan fingerprint density at radius 3 is 2.48 bits per heavy atom. The molecule has 0 saturated heterocycles. The van der Waals surface area contributed by atoms with E-state index in [0.717, 1.165) is 5.69 Å². The van der Waals surface area contributed by atoms with Gasteiger partial charge in [0.25, 0.3) is 5.91 Å². The normalized spacial score (nSPS) is 21.8. The second kappa shape index (κ2) is 5.20. The van der Waals surface area contributed by atoms with Crippen molar-refractivity contribution in [2.75, 3.05) is 23.4 Å². The third-order valence-corrected chi connectivity index (χ3v) is 5.53. The number of hydrogen-bond donors (Lipinski definition) is 0. The van der Waals surface area contributed by atoms with Crippen LogP contribution in [0.3, 0.4) is 0 Å². The van der Waals surface area contributed by atoms with E-state index < -0.39 is 5.41 Å². The van der Waals surface area contributed by atoms with Gasteiger partial charge in [-0.1, -0.05) is 42.4 Å². The van der Waals surface area contributed by atoms with Crippen molar-refractivity contribution in [1.82, 2.24) is 0 Å². The molecule has 1 atom stereocenters. The number of Topliss-reactive ketones (excluding diaryl/α,β-unsaturated/α-hetero) is 1. The van der Waals surface area contributed by atoms with Crippen LogP contribution in [0.5, 0.6) is 0 Å². The number of ketones is 1.